The van der Waals surface area contributed by atoms with Gasteiger partial charge in [-0.25, -0.2) is 13.1 Å². The van der Waals surface area contributed by atoms with Gasteiger partial charge in [-0.2, -0.15) is 5.10 Å². The van der Waals surface area contributed by atoms with E-state index in [1.807, 2.05) is 12.1 Å². The summed E-state index contributed by atoms with van der Waals surface area (Å²) in [5.41, 5.74) is 1.99. The molecule has 0 aliphatic carbocycles. The minimum absolute atomic E-state index is 0.239. The van der Waals surface area contributed by atoms with Crippen LogP contribution in [0.1, 0.15) is 37.3 Å². The summed E-state index contributed by atoms with van der Waals surface area (Å²) in [6.07, 6.45) is 4.47. The highest BCUT2D eigenvalue weighted by Crippen LogP contribution is 2.20. The SMILES string of the molecule is CCC(C)c1ccc(S(=O)(=O)NCc2cnn(C)c2)cc1. The summed E-state index contributed by atoms with van der Waals surface area (Å²) in [5, 5.41) is 4.01. The second kappa shape index (κ2) is 6.41. The molecule has 6 heteroatoms. The molecule has 0 saturated carbocycles. The van der Waals surface area contributed by atoms with Gasteiger partial charge in [0.15, 0.2) is 0 Å². The van der Waals surface area contributed by atoms with Crippen molar-refractivity contribution in [3.8, 4) is 0 Å². The number of benzene rings is 1. The Morgan fingerprint density at radius 1 is 1.29 bits per heavy atom. The number of nitrogens with one attached hydrogen (secondary N) is 1. The topological polar surface area (TPSA) is 64.0 Å². The zero-order valence-corrected chi connectivity index (χ0v) is 13.4. The van der Waals surface area contributed by atoms with Crippen LogP contribution in [0.3, 0.4) is 0 Å². The fourth-order valence-electron chi connectivity index (χ4n) is 2.04. The van der Waals surface area contributed by atoms with Gasteiger partial charge < -0.3 is 0 Å². The second-order valence-corrected chi connectivity index (χ2v) is 6.99. The van der Waals surface area contributed by atoms with Gasteiger partial charge in [0, 0.05) is 25.4 Å². The largest absolute Gasteiger partial charge is 0.275 e. The molecular formula is C15H21N3O2S. The van der Waals surface area contributed by atoms with E-state index >= 15 is 0 Å². The molecule has 0 fully saturated rings. The molecule has 2 rings (SSSR count). The minimum Gasteiger partial charge on any atom is -0.275 e. The summed E-state index contributed by atoms with van der Waals surface area (Å²) < 4.78 is 28.7. The van der Waals surface area contributed by atoms with Gasteiger partial charge in [0.2, 0.25) is 10.0 Å². The lowest BCUT2D eigenvalue weighted by Crippen LogP contribution is -2.23. The maximum atomic E-state index is 12.2. The van der Waals surface area contributed by atoms with Crippen LogP contribution in [-0.4, -0.2) is 18.2 Å². The first kappa shape index (κ1) is 15.7. The normalized spacial score (nSPS) is 13.3. The number of aryl methyl sites for hydroxylation is 1. The number of hydrogen-bond donors (Lipinski definition) is 1. The molecule has 21 heavy (non-hydrogen) atoms. The molecule has 0 spiro atoms. The fourth-order valence-corrected chi connectivity index (χ4v) is 3.05. The molecule has 0 bridgehead atoms. The molecule has 5 nitrogen and oxygen atoms in total. The van der Waals surface area contributed by atoms with Gasteiger partial charge in [0.05, 0.1) is 11.1 Å². The number of aromatic nitrogens is 2. The molecular weight excluding hydrogens is 286 g/mol. The van der Waals surface area contributed by atoms with Crippen LogP contribution in [0.4, 0.5) is 0 Å². The van der Waals surface area contributed by atoms with E-state index in [1.54, 1.807) is 36.3 Å². The Bertz CT molecular complexity index is 690. The maximum Gasteiger partial charge on any atom is 0.240 e. The highest BCUT2D eigenvalue weighted by Gasteiger charge is 2.14. The smallest absolute Gasteiger partial charge is 0.240 e. The van der Waals surface area contributed by atoms with Gasteiger partial charge in [0.25, 0.3) is 0 Å². The summed E-state index contributed by atoms with van der Waals surface area (Å²) >= 11 is 0. The summed E-state index contributed by atoms with van der Waals surface area (Å²) in [7, 11) is -1.69. The molecule has 0 aliphatic rings. The highest BCUT2D eigenvalue weighted by atomic mass is 32.2. The minimum atomic E-state index is -3.49. The number of hydrogen-bond acceptors (Lipinski definition) is 3. The summed E-state index contributed by atoms with van der Waals surface area (Å²) in [4.78, 5) is 0.290. The van der Waals surface area contributed by atoms with Crippen molar-refractivity contribution in [1.82, 2.24) is 14.5 Å². The summed E-state index contributed by atoms with van der Waals surface area (Å²) in [6, 6.07) is 7.08. The van der Waals surface area contributed by atoms with Crippen LogP contribution in [0, 0.1) is 0 Å². The molecule has 0 radical (unpaired) electrons. The molecule has 0 aliphatic heterocycles. The van der Waals surface area contributed by atoms with E-state index in [0.717, 1.165) is 17.5 Å². The Morgan fingerprint density at radius 3 is 2.48 bits per heavy atom. The number of nitrogens with zero attached hydrogens (tertiary/aromatic N) is 2. The van der Waals surface area contributed by atoms with Gasteiger partial charge >= 0.3 is 0 Å². The van der Waals surface area contributed by atoms with E-state index in [4.69, 9.17) is 0 Å². The van der Waals surface area contributed by atoms with Gasteiger partial charge in [0.1, 0.15) is 0 Å². The van der Waals surface area contributed by atoms with Crippen molar-refractivity contribution in [3.05, 3.63) is 47.8 Å². The third-order valence-electron chi connectivity index (χ3n) is 3.60. The zero-order chi connectivity index (χ0) is 15.5. The molecule has 1 heterocycles. The lowest BCUT2D eigenvalue weighted by atomic mass is 9.99. The van der Waals surface area contributed by atoms with Gasteiger partial charge in [-0.05, 0) is 30.0 Å². The highest BCUT2D eigenvalue weighted by molar-refractivity contribution is 7.89. The molecule has 1 N–H and O–H groups in total. The predicted octanol–water partition coefficient (Wildman–Crippen LogP) is 2.41. The Hall–Kier alpha value is -1.66. The first-order valence-electron chi connectivity index (χ1n) is 6.99. The zero-order valence-electron chi connectivity index (χ0n) is 12.6. The maximum absolute atomic E-state index is 12.2. The van der Waals surface area contributed by atoms with Gasteiger partial charge in [-0.15, -0.1) is 0 Å². The lowest BCUT2D eigenvalue weighted by molar-refractivity contribution is 0.581. The van der Waals surface area contributed by atoms with Crippen molar-refractivity contribution in [1.29, 1.82) is 0 Å². The standard InChI is InChI=1S/C15H21N3O2S/c1-4-12(2)14-5-7-15(8-6-14)21(19,20)17-10-13-9-16-18(3)11-13/h5-9,11-12,17H,4,10H2,1-3H3. The van der Waals surface area contributed by atoms with Crippen molar-refractivity contribution in [2.45, 2.75) is 37.6 Å². The molecule has 1 aromatic carbocycles. The molecule has 0 saturated heterocycles. The third kappa shape index (κ3) is 3.92. The van der Waals surface area contributed by atoms with Crippen molar-refractivity contribution < 1.29 is 8.42 Å². The molecule has 1 unspecified atom stereocenters. The summed E-state index contributed by atoms with van der Waals surface area (Å²) in [6.45, 7) is 4.48. The van der Waals surface area contributed by atoms with Crippen LogP contribution < -0.4 is 4.72 Å². The Balaban J connectivity index is 2.08. The van der Waals surface area contributed by atoms with E-state index in [-0.39, 0.29) is 6.54 Å². The van der Waals surface area contributed by atoms with Crippen LogP contribution in [0.25, 0.3) is 0 Å². The third-order valence-corrected chi connectivity index (χ3v) is 5.01. The monoisotopic (exact) mass is 307 g/mol. The number of sulfonamides is 1. The molecule has 1 atom stereocenters. The van der Waals surface area contributed by atoms with Crippen LogP contribution in [-0.2, 0) is 23.6 Å². The molecule has 114 valence electrons. The van der Waals surface area contributed by atoms with Crippen molar-refractivity contribution in [2.24, 2.45) is 7.05 Å². The van der Waals surface area contributed by atoms with Crippen molar-refractivity contribution >= 4 is 10.0 Å². The lowest BCUT2D eigenvalue weighted by Gasteiger charge is -2.10. The fraction of sp³-hybridized carbons (Fsp3) is 0.400. The first-order chi connectivity index (χ1) is 9.92. The van der Waals surface area contributed by atoms with E-state index < -0.39 is 10.0 Å². The summed E-state index contributed by atoms with van der Waals surface area (Å²) in [5.74, 6) is 0.435. The second-order valence-electron chi connectivity index (χ2n) is 5.23. The Morgan fingerprint density at radius 2 is 1.95 bits per heavy atom. The van der Waals surface area contributed by atoms with Crippen molar-refractivity contribution in [3.63, 3.8) is 0 Å². The van der Waals surface area contributed by atoms with Gasteiger partial charge in [-0.1, -0.05) is 26.0 Å². The molecule has 0 amide bonds. The van der Waals surface area contributed by atoms with Crippen LogP contribution in [0.15, 0.2) is 41.6 Å². The Kier molecular flexibility index (Phi) is 4.80. The van der Waals surface area contributed by atoms with Crippen LogP contribution in [0.2, 0.25) is 0 Å². The quantitative estimate of drug-likeness (QED) is 0.891. The predicted molar refractivity (Wildman–Crippen MR) is 82.4 cm³/mol. The van der Waals surface area contributed by atoms with Crippen LogP contribution >= 0.6 is 0 Å². The van der Waals surface area contributed by atoms with Crippen molar-refractivity contribution in [2.75, 3.05) is 0 Å². The van der Waals surface area contributed by atoms with E-state index in [9.17, 15) is 8.42 Å². The average molecular weight is 307 g/mol. The Labute approximate surface area is 126 Å². The number of rotatable bonds is 6. The molecule has 2 aromatic rings. The van der Waals surface area contributed by atoms with E-state index in [1.165, 1.54) is 0 Å². The van der Waals surface area contributed by atoms with Gasteiger partial charge in [-0.3, -0.25) is 4.68 Å². The van der Waals surface area contributed by atoms with Crippen LogP contribution in [0.5, 0.6) is 0 Å². The average Bonchev–Trinajstić information content (AvgIpc) is 2.90. The van der Waals surface area contributed by atoms with E-state index in [2.05, 4.69) is 23.7 Å². The van der Waals surface area contributed by atoms with E-state index in [0.29, 0.717) is 10.8 Å². The molecule has 1 aromatic heterocycles. The first-order valence-corrected chi connectivity index (χ1v) is 8.48.